The minimum absolute atomic E-state index is 0.0542. The summed E-state index contributed by atoms with van der Waals surface area (Å²) in [7, 11) is 0. The highest BCUT2D eigenvalue weighted by Gasteiger charge is 2.31. The van der Waals surface area contributed by atoms with Crippen LogP contribution in [0.5, 0.6) is 0 Å². The predicted octanol–water partition coefficient (Wildman–Crippen LogP) is 5.95. The molecule has 0 atom stereocenters. The van der Waals surface area contributed by atoms with Gasteiger partial charge in [-0.15, -0.1) is 0 Å². The fraction of sp³-hybridized carbons (Fsp3) is 0.174. The molecule has 0 saturated carbocycles. The number of benzene rings is 1. The lowest BCUT2D eigenvalue weighted by atomic mass is 9.85. The largest absolute Gasteiger partial charge is 0.416 e. The molecular formula is C23H17F5N4. The molecule has 0 radical (unpaired) electrons. The first-order valence-electron chi connectivity index (χ1n) is 9.59. The molecule has 9 heteroatoms. The zero-order chi connectivity index (χ0) is 23.1. The average molecular weight is 444 g/mol. The van der Waals surface area contributed by atoms with E-state index in [1.807, 2.05) is 13.8 Å². The van der Waals surface area contributed by atoms with Crippen LogP contribution in [0.4, 0.5) is 22.0 Å². The number of aromatic nitrogens is 4. The molecule has 3 heterocycles. The van der Waals surface area contributed by atoms with E-state index >= 15 is 0 Å². The molecule has 0 aliphatic rings. The second-order valence-corrected chi connectivity index (χ2v) is 7.70. The Labute approximate surface area is 180 Å². The molecule has 0 unspecified atom stereocenters. The first-order valence-corrected chi connectivity index (χ1v) is 9.59. The van der Waals surface area contributed by atoms with Gasteiger partial charge in [-0.25, -0.2) is 4.68 Å². The Morgan fingerprint density at radius 3 is 2.28 bits per heavy atom. The van der Waals surface area contributed by atoms with Crippen molar-refractivity contribution in [2.24, 2.45) is 0 Å². The van der Waals surface area contributed by atoms with E-state index in [4.69, 9.17) is 0 Å². The Kier molecular flexibility index (Phi) is 5.28. The fourth-order valence-electron chi connectivity index (χ4n) is 3.29. The van der Waals surface area contributed by atoms with E-state index in [1.165, 1.54) is 22.9 Å². The molecule has 32 heavy (non-hydrogen) atoms. The Morgan fingerprint density at radius 2 is 1.56 bits per heavy atom. The van der Waals surface area contributed by atoms with Crippen LogP contribution in [0, 0.1) is 11.9 Å². The van der Waals surface area contributed by atoms with Crippen molar-refractivity contribution < 1.29 is 22.0 Å². The van der Waals surface area contributed by atoms with Crippen LogP contribution in [-0.4, -0.2) is 19.7 Å². The quantitative estimate of drug-likeness (QED) is 0.289. The second-order valence-electron chi connectivity index (χ2n) is 7.70. The van der Waals surface area contributed by atoms with Crippen LogP contribution in [0.2, 0.25) is 0 Å². The number of halogens is 5. The van der Waals surface area contributed by atoms with Crippen molar-refractivity contribution in [3.05, 3.63) is 95.7 Å². The standard InChI is InChI=1S/C23H17F5N4/c1-22(2,18-8-4-7-17(29-18)16-9-10-20(24)30-21(16)25)19-11-12-32(31-19)15-6-3-5-14(13-15)23(26,27)28/h3-13H,1-2H3. The highest BCUT2D eigenvalue weighted by molar-refractivity contribution is 5.59. The van der Waals surface area contributed by atoms with E-state index in [1.54, 1.807) is 30.5 Å². The van der Waals surface area contributed by atoms with E-state index in [0.717, 1.165) is 18.2 Å². The first kappa shape index (κ1) is 21.6. The van der Waals surface area contributed by atoms with Crippen LogP contribution < -0.4 is 0 Å². The van der Waals surface area contributed by atoms with Gasteiger partial charge >= 0.3 is 6.18 Å². The summed E-state index contributed by atoms with van der Waals surface area (Å²) in [5.74, 6) is -1.90. The summed E-state index contributed by atoms with van der Waals surface area (Å²) >= 11 is 0. The van der Waals surface area contributed by atoms with Crippen molar-refractivity contribution in [3.8, 4) is 16.9 Å². The number of pyridine rings is 2. The highest BCUT2D eigenvalue weighted by atomic mass is 19.4. The zero-order valence-corrected chi connectivity index (χ0v) is 17.0. The number of hydrogen-bond donors (Lipinski definition) is 0. The minimum atomic E-state index is -4.46. The molecule has 0 aliphatic carbocycles. The number of rotatable bonds is 4. The van der Waals surface area contributed by atoms with Gasteiger partial charge in [0, 0.05) is 6.20 Å². The van der Waals surface area contributed by atoms with Crippen LogP contribution in [0.1, 0.15) is 30.8 Å². The maximum Gasteiger partial charge on any atom is 0.416 e. The van der Waals surface area contributed by atoms with Gasteiger partial charge in [0.25, 0.3) is 0 Å². The smallest absolute Gasteiger partial charge is 0.252 e. The Balaban J connectivity index is 1.69. The minimum Gasteiger partial charge on any atom is -0.252 e. The van der Waals surface area contributed by atoms with Gasteiger partial charge in [0.15, 0.2) is 0 Å². The molecule has 0 amide bonds. The van der Waals surface area contributed by atoms with Gasteiger partial charge in [0.1, 0.15) is 0 Å². The van der Waals surface area contributed by atoms with Crippen molar-refractivity contribution in [3.63, 3.8) is 0 Å². The van der Waals surface area contributed by atoms with Crippen molar-refractivity contribution in [2.45, 2.75) is 25.4 Å². The Morgan fingerprint density at radius 1 is 0.812 bits per heavy atom. The summed E-state index contributed by atoms with van der Waals surface area (Å²) < 4.78 is 67.7. The molecule has 0 N–H and O–H groups in total. The SMILES string of the molecule is CC(C)(c1cccc(-c2ccc(F)nc2F)n1)c1ccn(-c2cccc(C(F)(F)F)c2)n1. The van der Waals surface area contributed by atoms with Gasteiger partial charge in [-0.1, -0.05) is 12.1 Å². The number of nitrogens with zero attached hydrogens (tertiary/aromatic N) is 4. The van der Waals surface area contributed by atoms with Gasteiger partial charge in [0.2, 0.25) is 11.9 Å². The lowest BCUT2D eigenvalue weighted by Crippen LogP contribution is -2.22. The van der Waals surface area contributed by atoms with Crippen molar-refractivity contribution in [2.75, 3.05) is 0 Å². The molecule has 0 aliphatic heterocycles. The van der Waals surface area contributed by atoms with Gasteiger partial charge in [-0.2, -0.15) is 32.0 Å². The summed E-state index contributed by atoms with van der Waals surface area (Å²) in [4.78, 5) is 7.70. The monoisotopic (exact) mass is 444 g/mol. The van der Waals surface area contributed by atoms with Crippen molar-refractivity contribution >= 4 is 0 Å². The van der Waals surface area contributed by atoms with E-state index in [-0.39, 0.29) is 16.9 Å². The summed E-state index contributed by atoms with van der Waals surface area (Å²) in [5, 5.41) is 4.46. The van der Waals surface area contributed by atoms with Gasteiger partial charge in [-0.05, 0) is 62.4 Å². The molecule has 0 fully saturated rings. The normalized spacial score (nSPS) is 12.2. The molecular weight excluding hydrogens is 427 g/mol. The fourth-order valence-corrected chi connectivity index (χ4v) is 3.29. The summed E-state index contributed by atoms with van der Waals surface area (Å²) in [6.45, 7) is 3.69. The van der Waals surface area contributed by atoms with Gasteiger partial charge < -0.3 is 0 Å². The van der Waals surface area contributed by atoms with Gasteiger partial charge in [0.05, 0.1) is 39.3 Å². The zero-order valence-electron chi connectivity index (χ0n) is 17.0. The summed E-state index contributed by atoms with van der Waals surface area (Å²) in [5.41, 5.74) is 0.174. The lowest BCUT2D eigenvalue weighted by molar-refractivity contribution is -0.137. The maximum absolute atomic E-state index is 14.1. The molecule has 0 bridgehead atoms. The molecule has 4 aromatic rings. The average Bonchev–Trinajstić information content (AvgIpc) is 3.25. The van der Waals surface area contributed by atoms with Crippen molar-refractivity contribution in [1.82, 2.24) is 19.7 Å². The molecule has 1 aromatic carbocycles. The maximum atomic E-state index is 14.1. The van der Waals surface area contributed by atoms with E-state index in [0.29, 0.717) is 11.4 Å². The summed E-state index contributed by atoms with van der Waals surface area (Å²) in [6, 6.07) is 13.9. The Bertz CT molecular complexity index is 1280. The van der Waals surface area contributed by atoms with Crippen LogP contribution in [-0.2, 0) is 11.6 Å². The highest BCUT2D eigenvalue weighted by Crippen LogP contribution is 2.33. The third-order valence-corrected chi connectivity index (χ3v) is 5.15. The van der Waals surface area contributed by atoms with Crippen LogP contribution in [0.3, 0.4) is 0 Å². The third kappa shape index (κ3) is 4.10. The third-order valence-electron chi connectivity index (χ3n) is 5.15. The molecule has 4 nitrogen and oxygen atoms in total. The van der Waals surface area contributed by atoms with Crippen LogP contribution in [0.25, 0.3) is 16.9 Å². The van der Waals surface area contributed by atoms with E-state index < -0.39 is 29.1 Å². The van der Waals surface area contributed by atoms with Crippen LogP contribution in [0.15, 0.2) is 66.9 Å². The number of alkyl halides is 3. The molecule has 4 rings (SSSR count). The van der Waals surface area contributed by atoms with Crippen LogP contribution >= 0.6 is 0 Å². The van der Waals surface area contributed by atoms with E-state index in [9.17, 15) is 22.0 Å². The molecule has 3 aromatic heterocycles. The first-order chi connectivity index (χ1) is 15.1. The predicted molar refractivity (Wildman–Crippen MR) is 108 cm³/mol. The molecule has 164 valence electrons. The topological polar surface area (TPSA) is 43.6 Å². The summed E-state index contributed by atoms with van der Waals surface area (Å²) in [6.07, 6.45) is -2.89. The Hall–Kier alpha value is -3.62. The van der Waals surface area contributed by atoms with Gasteiger partial charge in [-0.3, -0.25) is 4.98 Å². The molecule has 0 saturated heterocycles. The van der Waals surface area contributed by atoms with Crippen molar-refractivity contribution in [1.29, 1.82) is 0 Å². The molecule has 0 spiro atoms. The lowest BCUT2D eigenvalue weighted by Gasteiger charge is -2.22. The second kappa shape index (κ2) is 7.81. The van der Waals surface area contributed by atoms with E-state index in [2.05, 4.69) is 15.1 Å². The number of hydrogen-bond acceptors (Lipinski definition) is 3.